The van der Waals surface area contributed by atoms with Crippen molar-refractivity contribution in [1.29, 1.82) is 0 Å². The average molecular weight is 390 g/mol. The molecule has 3 heterocycles. The van der Waals surface area contributed by atoms with Crippen LogP contribution >= 0.6 is 0 Å². The zero-order chi connectivity index (χ0) is 20.1. The smallest absolute Gasteiger partial charge is 0.235 e. The number of aromatic nitrogens is 1. The van der Waals surface area contributed by atoms with Crippen molar-refractivity contribution < 1.29 is 19.1 Å². The second-order valence-electron chi connectivity index (χ2n) is 7.61. The molecular weight excluding hydrogens is 368 g/mol. The lowest BCUT2D eigenvalue weighted by molar-refractivity contribution is -0.125. The van der Waals surface area contributed by atoms with Gasteiger partial charge in [0.2, 0.25) is 11.8 Å². The van der Waals surface area contributed by atoms with Crippen molar-refractivity contribution >= 4 is 22.7 Å². The van der Waals surface area contributed by atoms with Gasteiger partial charge < -0.3 is 14.0 Å². The van der Waals surface area contributed by atoms with Gasteiger partial charge in [0.15, 0.2) is 0 Å². The number of hydrogen-bond acceptors (Lipinski definition) is 4. The standard InChI is InChI=1S/C23H22N2O4/c1-28-14-8-9-18(29-2)16(11-14)19-20(23(27)24-22(19)26)17-12-25-10-4-6-13-5-3-7-15(17)21(13)25/h3,5,7-9,11-12,19-20H,4,6,10H2,1-2H3,(H,24,26,27)/t19-,20+/m0/s1. The molecule has 0 saturated carbocycles. The predicted octanol–water partition coefficient (Wildman–Crippen LogP) is 3.13. The molecule has 6 nitrogen and oxygen atoms in total. The number of imide groups is 1. The molecule has 1 saturated heterocycles. The Kier molecular flexibility index (Phi) is 4.08. The molecule has 6 heteroatoms. The Hall–Kier alpha value is -3.28. The van der Waals surface area contributed by atoms with Crippen LogP contribution in [-0.4, -0.2) is 30.6 Å². The van der Waals surface area contributed by atoms with Crippen molar-refractivity contribution in [2.45, 2.75) is 31.2 Å². The molecule has 2 aromatic carbocycles. The van der Waals surface area contributed by atoms with Crippen LogP contribution in [0.15, 0.2) is 42.6 Å². The Bertz CT molecular complexity index is 1150. The van der Waals surface area contributed by atoms with Crippen molar-refractivity contribution in [2.75, 3.05) is 14.2 Å². The molecule has 2 amide bonds. The number of nitrogens with zero attached hydrogens (tertiary/aromatic N) is 1. The molecule has 1 fully saturated rings. The largest absolute Gasteiger partial charge is 0.497 e. The van der Waals surface area contributed by atoms with Crippen molar-refractivity contribution in [3.8, 4) is 11.5 Å². The zero-order valence-electron chi connectivity index (χ0n) is 16.4. The quantitative estimate of drug-likeness (QED) is 0.695. The molecule has 5 rings (SSSR count). The Balaban J connectivity index is 1.71. The number of carbonyl (C=O) groups excluding carboxylic acids is 2. The molecule has 0 radical (unpaired) electrons. The van der Waals surface area contributed by atoms with Gasteiger partial charge in [-0.05, 0) is 42.2 Å². The number of aryl methyl sites for hydroxylation is 2. The minimum Gasteiger partial charge on any atom is -0.497 e. The first-order chi connectivity index (χ1) is 14.1. The molecule has 0 spiro atoms. The molecule has 1 N–H and O–H groups in total. The van der Waals surface area contributed by atoms with E-state index in [0.29, 0.717) is 17.1 Å². The average Bonchev–Trinajstić information content (AvgIpc) is 3.25. The third-order valence-corrected chi connectivity index (χ3v) is 6.11. The van der Waals surface area contributed by atoms with Crippen LogP contribution in [0.25, 0.3) is 10.9 Å². The zero-order valence-corrected chi connectivity index (χ0v) is 16.4. The minimum atomic E-state index is -0.670. The highest BCUT2D eigenvalue weighted by Gasteiger charge is 2.46. The molecule has 3 aromatic rings. The number of benzene rings is 2. The van der Waals surface area contributed by atoms with E-state index >= 15 is 0 Å². The van der Waals surface area contributed by atoms with E-state index < -0.39 is 11.8 Å². The molecule has 0 aliphatic carbocycles. The highest BCUT2D eigenvalue weighted by Crippen LogP contribution is 2.45. The summed E-state index contributed by atoms with van der Waals surface area (Å²) in [4.78, 5) is 25.8. The highest BCUT2D eigenvalue weighted by atomic mass is 16.5. The molecule has 1 aromatic heterocycles. The van der Waals surface area contributed by atoms with Gasteiger partial charge in [0.05, 0.1) is 31.6 Å². The fraction of sp³-hybridized carbons (Fsp3) is 0.304. The molecule has 148 valence electrons. The summed E-state index contributed by atoms with van der Waals surface area (Å²) in [5.74, 6) is -0.669. The summed E-state index contributed by atoms with van der Waals surface area (Å²) in [5, 5.41) is 3.59. The van der Waals surface area contributed by atoms with Gasteiger partial charge in [-0.25, -0.2) is 0 Å². The number of nitrogens with one attached hydrogen (secondary N) is 1. The van der Waals surface area contributed by atoms with E-state index in [-0.39, 0.29) is 11.8 Å². The Morgan fingerprint density at radius 2 is 1.79 bits per heavy atom. The molecule has 0 bridgehead atoms. The van der Waals surface area contributed by atoms with Gasteiger partial charge >= 0.3 is 0 Å². The second-order valence-corrected chi connectivity index (χ2v) is 7.61. The summed E-state index contributed by atoms with van der Waals surface area (Å²) in [6, 6.07) is 11.6. The van der Waals surface area contributed by atoms with Gasteiger partial charge in [-0.2, -0.15) is 0 Å². The van der Waals surface area contributed by atoms with E-state index in [4.69, 9.17) is 9.47 Å². The van der Waals surface area contributed by atoms with Crippen LogP contribution in [-0.2, 0) is 22.6 Å². The maximum absolute atomic E-state index is 13.0. The summed E-state index contributed by atoms with van der Waals surface area (Å²) in [5.41, 5.74) is 4.02. The molecule has 29 heavy (non-hydrogen) atoms. The summed E-state index contributed by atoms with van der Waals surface area (Å²) < 4.78 is 13.1. The monoisotopic (exact) mass is 390 g/mol. The highest BCUT2D eigenvalue weighted by molar-refractivity contribution is 6.12. The molecule has 0 unspecified atom stereocenters. The number of carbonyl (C=O) groups is 2. The number of amides is 2. The summed E-state index contributed by atoms with van der Waals surface area (Å²) >= 11 is 0. The molecule has 2 aliphatic rings. The molecule has 2 aliphatic heterocycles. The third kappa shape index (κ3) is 2.63. The fourth-order valence-electron chi connectivity index (χ4n) is 4.83. The van der Waals surface area contributed by atoms with Crippen LogP contribution in [0.3, 0.4) is 0 Å². The van der Waals surface area contributed by atoms with Crippen LogP contribution in [0, 0.1) is 0 Å². The van der Waals surface area contributed by atoms with Crippen LogP contribution < -0.4 is 14.8 Å². The SMILES string of the molecule is COc1ccc(OC)c([C@@H]2C(=O)NC(=O)[C@@H]2c2cn3c4c(cccc24)CCC3)c1. The van der Waals surface area contributed by atoms with Gasteiger partial charge in [0, 0.05) is 23.7 Å². The first-order valence-corrected chi connectivity index (χ1v) is 9.79. The number of hydrogen-bond donors (Lipinski definition) is 1. The predicted molar refractivity (Wildman–Crippen MR) is 108 cm³/mol. The van der Waals surface area contributed by atoms with Crippen molar-refractivity contribution in [3.63, 3.8) is 0 Å². The first-order valence-electron chi connectivity index (χ1n) is 9.79. The fourth-order valence-corrected chi connectivity index (χ4v) is 4.83. The van der Waals surface area contributed by atoms with Crippen LogP contribution in [0.2, 0.25) is 0 Å². The third-order valence-electron chi connectivity index (χ3n) is 6.11. The van der Waals surface area contributed by atoms with Crippen molar-refractivity contribution in [2.24, 2.45) is 0 Å². The number of para-hydroxylation sites is 1. The van der Waals surface area contributed by atoms with Gasteiger partial charge in [-0.3, -0.25) is 14.9 Å². The maximum atomic E-state index is 13.0. The van der Waals surface area contributed by atoms with E-state index in [0.717, 1.165) is 30.3 Å². The van der Waals surface area contributed by atoms with E-state index in [9.17, 15) is 9.59 Å². The van der Waals surface area contributed by atoms with Gasteiger partial charge in [0.25, 0.3) is 0 Å². The Labute approximate surface area is 168 Å². The van der Waals surface area contributed by atoms with E-state index in [1.807, 2.05) is 12.1 Å². The Morgan fingerprint density at radius 1 is 1.00 bits per heavy atom. The normalized spacial score (nSPS) is 20.8. The lowest BCUT2D eigenvalue weighted by Crippen LogP contribution is -2.21. The summed E-state index contributed by atoms with van der Waals surface area (Å²) in [6.07, 6.45) is 4.16. The van der Waals surface area contributed by atoms with E-state index in [1.54, 1.807) is 32.4 Å². The van der Waals surface area contributed by atoms with Crippen molar-refractivity contribution in [3.05, 3.63) is 59.3 Å². The van der Waals surface area contributed by atoms with Crippen LogP contribution in [0.4, 0.5) is 0 Å². The van der Waals surface area contributed by atoms with Crippen molar-refractivity contribution in [1.82, 2.24) is 9.88 Å². The number of ether oxygens (including phenoxy) is 2. The Morgan fingerprint density at radius 3 is 2.55 bits per heavy atom. The van der Waals surface area contributed by atoms with Gasteiger partial charge in [-0.15, -0.1) is 0 Å². The minimum absolute atomic E-state index is 0.270. The number of rotatable bonds is 4. The molecular formula is C23H22N2O4. The van der Waals surface area contributed by atoms with Crippen LogP contribution in [0.5, 0.6) is 11.5 Å². The molecule has 2 atom stereocenters. The lowest BCUT2D eigenvalue weighted by atomic mass is 9.82. The summed E-state index contributed by atoms with van der Waals surface area (Å²) in [6.45, 7) is 0.920. The van der Waals surface area contributed by atoms with Gasteiger partial charge in [-0.1, -0.05) is 18.2 Å². The van der Waals surface area contributed by atoms with Gasteiger partial charge in [0.1, 0.15) is 11.5 Å². The van der Waals surface area contributed by atoms with E-state index in [1.165, 1.54) is 11.1 Å². The maximum Gasteiger partial charge on any atom is 0.235 e. The van der Waals surface area contributed by atoms with E-state index in [2.05, 4.69) is 22.1 Å². The second kappa shape index (κ2) is 6.65. The lowest BCUT2D eigenvalue weighted by Gasteiger charge is -2.19. The first kappa shape index (κ1) is 17.8. The number of methoxy groups -OCH3 is 2. The summed E-state index contributed by atoms with van der Waals surface area (Å²) in [7, 11) is 3.14. The van der Waals surface area contributed by atoms with Crippen LogP contribution in [0.1, 0.15) is 34.9 Å². The topological polar surface area (TPSA) is 69.6 Å².